The van der Waals surface area contributed by atoms with E-state index >= 15 is 0 Å². The van der Waals surface area contributed by atoms with Crippen molar-refractivity contribution in [2.75, 3.05) is 26.7 Å². The van der Waals surface area contributed by atoms with E-state index < -0.39 is 10.0 Å². The van der Waals surface area contributed by atoms with Crippen LogP contribution >= 0.6 is 35.6 Å². The molecule has 0 aliphatic heterocycles. The number of rotatable bonds is 6. The molecule has 1 aromatic carbocycles. The zero-order valence-electron chi connectivity index (χ0n) is 12.0. The van der Waals surface area contributed by atoms with Crippen molar-refractivity contribution in [3.8, 4) is 12.3 Å². The van der Waals surface area contributed by atoms with Crippen LogP contribution < -0.4 is 15.4 Å². The van der Waals surface area contributed by atoms with Crippen LogP contribution in [-0.2, 0) is 10.0 Å². The third-order valence-electron chi connectivity index (χ3n) is 2.40. The zero-order valence-corrected chi connectivity index (χ0v) is 15.9. The van der Waals surface area contributed by atoms with Gasteiger partial charge >= 0.3 is 0 Å². The summed E-state index contributed by atoms with van der Waals surface area (Å²) in [5.74, 6) is 2.93. The molecule has 0 unspecified atom stereocenters. The smallest absolute Gasteiger partial charge is 0.240 e. The quantitative estimate of drug-likeness (QED) is 0.196. The lowest BCUT2D eigenvalue weighted by molar-refractivity contribution is 0.580. The SMILES string of the molecule is C#CCNC(=NC)NCCNS(=O)(=O)c1cccc(Cl)c1.I. The molecule has 1 aromatic rings. The predicted octanol–water partition coefficient (Wildman–Crippen LogP) is 1.03. The molecule has 0 heterocycles. The second kappa shape index (κ2) is 10.7. The van der Waals surface area contributed by atoms with E-state index in [-0.39, 0.29) is 35.4 Å². The summed E-state index contributed by atoms with van der Waals surface area (Å²) in [5, 5.41) is 6.16. The van der Waals surface area contributed by atoms with Gasteiger partial charge in [-0.3, -0.25) is 4.99 Å². The van der Waals surface area contributed by atoms with E-state index in [0.29, 0.717) is 24.1 Å². The van der Waals surface area contributed by atoms with Gasteiger partial charge in [0.1, 0.15) is 0 Å². The third-order valence-corrected chi connectivity index (χ3v) is 4.09. The number of guanidine groups is 1. The number of nitrogens with one attached hydrogen (secondary N) is 3. The topological polar surface area (TPSA) is 82.6 Å². The molecule has 0 aromatic heterocycles. The molecule has 0 bridgehead atoms. The Hall–Kier alpha value is -1.02. The molecule has 0 saturated carbocycles. The van der Waals surface area contributed by atoms with Gasteiger partial charge < -0.3 is 10.6 Å². The standard InChI is InChI=1S/C13H17ClN4O2S.HI/c1-3-7-16-13(15-2)17-8-9-18-21(19,20)12-6-4-5-11(14)10-12;/h1,4-6,10,18H,7-9H2,2H3,(H2,15,16,17);1H. The molecule has 0 aliphatic carbocycles. The van der Waals surface area contributed by atoms with Crippen LogP contribution in [0.2, 0.25) is 5.02 Å². The highest BCUT2D eigenvalue weighted by Gasteiger charge is 2.13. The molecule has 0 atom stereocenters. The second-order valence-corrected chi connectivity index (χ2v) is 6.12. The molecule has 9 heteroatoms. The van der Waals surface area contributed by atoms with Gasteiger partial charge in [0.2, 0.25) is 10.0 Å². The highest BCUT2D eigenvalue weighted by atomic mass is 127. The monoisotopic (exact) mass is 456 g/mol. The van der Waals surface area contributed by atoms with Gasteiger partial charge in [-0.1, -0.05) is 23.6 Å². The van der Waals surface area contributed by atoms with Crippen LogP contribution in [0.4, 0.5) is 0 Å². The molecule has 122 valence electrons. The molecule has 6 nitrogen and oxygen atoms in total. The fourth-order valence-electron chi connectivity index (χ4n) is 1.44. The van der Waals surface area contributed by atoms with Crippen molar-refractivity contribution >= 4 is 51.6 Å². The average Bonchev–Trinajstić information content (AvgIpc) is 2.46. The number of benzene rings is 1. The van der Waals surface area contributed by atoms with Crippen molar-refractivity contribution in [2.45, 2.75) is 4.90 Å². The highest BCUT2D eigenvalue weighted by molar-refractivity contribution is 14.0. The highest BCUT2D eigenvalue weighted by Crippen LogP contribution is 2.14. The molecule has 0 fully saturated rings. The molecule has 0 aliphatic rings. The maximum absolute atomic E-state index is 12.0. The Morgan fingerprint density at radius 2 is 2.09 bits per heavy atom. The normalized spacial score (nSPS) is 11.2. The maximum Gasteiger partial charge on any atom is 0.240 e. The largest absolute Gasteiger partial charge is 0.355 e. The van der Waals surface area contributed by atoms with Crippen molar-refractivity contribution in [1.29, 1.82) is 0 Å². The fraction of sp³-hybridized carbons (Fsp3) is 0.308. The average molecular weight is 457 g/mol. The number of hydrogen-bond donors (Lipinski definition) is 3. The summed E-state index contributed by atoms with van der Waals surface area (Å²) in [7, 11) is -1.97. The van der Waals surface area contributed by atoms with Crippen LogP contribution in [0, 0.1) is 12.3 Å². The molecule has 0 radical (unpaired) electrons. The molecule has 0 amide bonds. The predicted molar refractivity (Wildman–Crippen MR) is 100 cm³/mol. The third kappa shape index (κ3) is 7.31. The van der Waals surface area contributed by atoms with Gasteiger partial charge in [-0.05, 0) is 18.2 Å². The van der Waals surface area contributed by atoms with Gasteiger partial charge in [-0.2, -0.15) is 0 Å². The van der Waals surface area contributed by atoms with Crippen LogP contribution in [-0.4, -0.2) is 41.1 Å². The van der Waals surface area contributed by atoms with E-state index in [9.17, 15) is 8.42 Å². The van der Waals surface area contributed by atoms with Gasteiger partial charge in [0.05, 0.1) is 11.4 Å². The molecule has 0 spiro atoms. The fourth-order valence-corrected chi connectivity index (χ4v) is 2.77. The number of sulfonamides is 1. The minimum absolute atomic E-state index is 0. The summed E-state index contributed by atoms with van der Waals surface area (Å²) in [6, 6.07) is 6.07. The van der Waals surface area contributed by atoms with Crippen LogP contribution in [0.25, 0.3) is 0 Å². The molecular weight excluding hydrogens is 439 g/mol. The number of aliphatic imine (C=N–C) groups is 1. The number of halogens is 2. The number of terminal acetylenes is 1. The van der Waals surface area contributed by atoms with Gasteiger partial charge in [0.15, 0.2) is 5.96 Å². The van der Waals surface area contributed by atoms with Crippen LogP contribution in [0.5, 0.6) is 0 Å². The van der Waals surface area contributed by atoms with E-state index in [2.05, 4.69) is 26.3 Å². The first kappa shape index (κ1) is 21.0. The van der Waals surface area contributed by atoms with Crippen LogP contribution in [0.15, 0.2) is 34.2 Å². The zero-order chi connectivity index (χ0) is 15.7. The van der Waals surface area contributed by atoms with E-state index in [1.165, 1.54) is 12.1 Å². The Bertz CT molecular complexity index is 644. The Kier molecular flexibility index (Phi) is 10.2. The summed E-state index contributed by atoms with van der Waals surface area (Å²) >= 11 is 5.78. The van der Waals surface area contributed by atoms with Gasteiger partial charge in [0, 0.05) is 25.2 Å². The van der Waals surface area contributed by atoms with Crippen molar-refractivity contribution in [1.82, 2.24) is 15.4 Å². The number of nitrogens with zero attached hydrogens (tertiary/aromatic N) is 1. The minimum Gasteiger partial charge on any atom is -0.355 e. The number of hydrogen-bond acceptors (Lipinski definition) is 3. The van der Waals surface area contributed by atoms with Crippen molar-refractivity contribution in [3.63, 3.8) is 0 Å². The first-order chi connectivity index (χ1) is 9.99. The van der Waals surface area contributed by atoms with Gasteiger partial charge in [0.25, 0.3) is 0 Å². The summed E-state index contributed by atoms with van der Waals surface area (Å²) in [6.07, 6.45) is 5.12. The molecule has 0 saturated heterocycles. The Morgan fingerprint density at radius 3 is 2.68 bits per heavy atom. The summed E-state index contributed by atoms with van der Waals surface area (Å²) < 4.78 is 26.5. The summed E-state index contributed by atoms with van der Waals surface area (Å²) in [4.78, 5) is 4.06. The van der Waals surface area contributed by atoms with Crippen LogP contribution in [0.3, 0.4) is 0 Å². The first-order valence-electron chi connectivity index (χ1n) is 6.13. The van der Waals surface area contributed by atoms with E-state index in [1.807, 2.05) is 0 Å². The lowest BCUT2D eigenvalue weighted by Gasteiger charge is -2.11. The van der Waals surface area contributed by atoms with Crippen LogP contribution in [0.1, 0.15) is 0 Å². The van der Waals surface area contributed by atoms with Crippen molar-refractivity contribution < 1.29 is 8.42 Å². The molecule has 1 rings (SSSR count). The summed E-state index contributed by atoms with van der Waals surface area (Å²) in [6.45, 7) is 0.906. The molecule has 3 N–H and O–H groups in total. The maximum atomic E-state index is 12.0. The van der Waals surface area contributed by atoms with E-state index in [0.717, 1.165) is 0 Å². The molecular formula is C13H18ClIN4O2S. The van der Waals surface area contributed by atoms with Crippen molar-refractivity contribution in [3.05, 3.63) is 29.3 Å². The van der Waals surface area contributed by atoms with Gasteiger partial charge in [-0.25, -0.2) is 13.1 Å². The minimum atomic E-state index is -3.57. The Balaban J connectivity index is 0.00000441. The second-order valence-electron chi connectivity index (χ2n) is 3.91. The van der Waals surface area contributed by atoms with Crippen molar-refractivity contribution in [2.24, 2.45) is 4.99 Å². The molecule has 22 heavy (non-hydrogen) atoms. The Labute approximate surface area is 153 Å². The lowest BCUT2D eigenvalue weighted by Crippen LogP contribution is -2.41. The van der Waals surface area contributed by atoms with E-state index in [4.69, 9.17) is 18.0 Å². The van der Waals surface area contributed by atoms with E-state index in [1.54, 1.807) is 19.2 Å². The lowest BCUT2D eigenvalue weighted by atomic mass is 10.4. The van der Waals surface area contributed by atoms with Gasteiger partial charge in [-0.15, -0.1) is 30.4 Å². The Morgan fingerprint density at radius 1 is 1.36 bits per heavy atom. The first-order valence-corrected chi connectivity index (χ1v) is 7.99. The summed E-state index contributed by atoms with van der Waals surface area (Å²) in [5.41, 5.74) is 0.